The molecule has 0 aliphatic heterocycles. The molecule has 0 heterocycles. The van der Waals surface area contributed by atoms with E-state index in [2.05, 4.69) is 42.4 Å². The maximum atomic E-state index is 5.52. The minimum atomic E-state index is 0.342. The van der Waals surface area contributed by atoms with Crippen molar-refractivity contribution in [2.24, 2.45) is 5.92 Å². The van der Waals surface area contributed by atoms with Gasteiger partial charge in [0.1, 0.15) is 5.75 Å². The number of likely N-dealkylation sites (N-methyl/N-ethyl adjacent to an activating group) is 1. The summed E-state index contributed by atoms with van der Waals surface area (Å²) in [6.45, 7) is 5.51. The van der Waals surface area contributed by atoms with Gasteiger partial charge in [-0.3, -0.25) is 0 Å². The molecule has 3 heteroatoms. The topological polar surface area (TPSA) is 24.5 Å². The van der Waals surface area contributed by atoms with Crippen molar-refractivity contribution in [3.05, 3.63) is 29.8 Å². The molecule has 0 bridgehead atoms. The average molecular weight is 276 g/mol. The van der Waals surface area contributed by atoms with Crippen LogP contribution in [0.2, 0.25) is 0 Å². The molecule has 1 aliphatic carbocycles. The molecular weight excluding hydrogens is 248 g/mol. The monoisotopic (exact) mass is 276 g/mol. The molecule has 1 N–H and O–H groups in total. The lowest BCUT2D eigenvalue weighted by molar-refractivity contribution is 0.276. The van der Waals surface area contributed by atoms with E-state index in [1.807, 2.05) is 6.07 Å². The number of ether oxygens (including phenoxy) is 1. The molecule has 1 saturated carbocycles. The van der Waals surface area contributed by atoms with Crippen LogP contribution < -0.4 is 10.1 Å². The number of hydrogen-bond acceptors (Lipinski definition) is 3. The number of methoxy groups -OCH3 is 1. The van der Waals surface area contributed by atoms with E-state index >= 15 is 0 Å². The molecule has 20 heavy (non-hydrogen) atoms. The normalized spacial score (nSPS) is 16.4. The third-order valence-electron chi connectivity index (χ3n) is 3.92. The van der Waals surface area contributed by atoms with E-state index < -0.39 is 0 Å². The molecule has 1 aromatic carbocycles. The van der Waals surface area contributed by atoms with Crippen LogP contribution >= 0.6 is 0 Å². The van der Waals surface area contributed by atoms with Gasteiger partial charge in [0.25, 0.3) is 0 Å². The highest BCUT2D eigenvalue weighted by atomic mass is 16.5. The van der Waals surface area contributed by atoms with Gasteiger partial charge >= 0.3 is 0 Å². The molecule has 3 nitrogen and oxygen atoms in total. The zero-order valence-electron chi connectivity index (χ0n) is 13.1. The fourth-order valence-electron chi connectivity index (χ4n) is 2.67. The van der Waals surface area contributed by atoms with Gasteiger partial charge in [0.05, 0.1) is 7.11 Å². The van der Waals surface area contributed by atoms with Crippen molar-refractivity contribution in [3.63, 3.8) is 0 Å². The molecule has 0 aromatic heterocycles. The number of nitrogens with one attached hydrogen (secondary N) is 1. The Morgan fingerprint density at radius 1 is 1.35 bits per heavy atom. The van der Waals surface area contributed by atoms with Gasteiger partial charge in [-0.15, -0.1) is 0 Å². The second-order valence-corrected chi connectivity index (χ2v) is 5.91. The van der Waals surface area contributed by atoms with Gasteiger partial charge in [-0.2, -0.15) is 0 Å². The van der Waals surface area contributed by atoms with Crippen molar-refractivity contribution < 1.29 is 4.74 Å². The van der Waals surface area contributed by atoms with Crippen LogP contribution in [0.15, 0.2) is 24.3 Å². The Kier molecular flexibility index (Phi) is 5.86. The van der Waals surface area contributed by atoms with Gasteiger partial charge < -0.3 is 15.0 Å². The van der Waals surface area contributed by atoms with Crippen LogP contribution in [0.1, 0.15) is 37.8 Å². The maximum Gasteiger partial charge on any atom is 0.123 e. The Bertz CT molecular complexity index is 404. The third kappa shape index (κ3) is 4.50. The van der Waals surface area contributed by atoms with E-state index in [1.165, 1.54) is 24.9 Å². The maximum absolute atomic E-state index is 5.52. The van der Waals surface area contributed by atoms with Gasteiger partial charge in [0, 0.05) is 24.7 Å². The van der Waals surface area contributed by atoms with Gasteiger partial charge in [-0.1, -0.05) is 25.1 Å². The highest BCUT2D eigenvalue weighted by molar-refractivity contribution is 5.36. The molecule has 0 spiro atoms. The third-order valence-corrected chi connectivity index (χ3v) is 3.92. The lowest BCUT2D eigenvalue weighted by Gasteiger charge is -2.26. The summed E-state index contributed by atoms with van der Waals surface area (Å²) in [5.41, 5.74) is 1.27. The molecule has 112 valence electrons. The van der Waals surface area contributed by atoms with E-state index in [0.29, 0.717) is 6.04 Å². The summed E-state index contributed by atoms with van der Waals surface area (Å²) in [5.74, 6) is 1.92. The standard InChI is InChI=1S/C17H28N2O/c1-4-11-18-16(13-19(2)12-14-9-10-14)15-7-5-6-8-17(15)20-3/h5-8,14,16,18H,4,9-13H2,1-3H3. The Morgan fingerprint density at radius 2 is 2.10 bits per heavy atom. The largest absolute Gasteiger partial charge is 0.496 e. The molecule has 0 radical (unpaired) electrons. The highest BCUT2D eigenvalue weighted by Gasteiger charge is 2.24. The van der Waals surface area contributed by atoms with Crippen molar-refractivity contribution >= 4 is 0 Å². The Morgan fingerprint density at radius 3 is 2.75 bits per heavy atom. The van der Waals surface area contributed by atoms with Gasteiger partial charge in [0.2, 0.25) is 0 Å². The number of benzene rings is 1. The van der Waals surface area contributed by atoms with Gasteiger partial charge in [-0.25, -0.2) is 0 Å². The molecule has 1 aliphatic rings. The summed E-state index contributed by atoms with van der Waals surface area (Å²) in [7, 11) is 3.98. The first-order valence-electron chi connectivity index (χ1n) is 7.79. The van der Waals surface area contributed by atoms with Crippen LogP contribution in [0.4, 0.5) is 0 Å². The minimum absolute atomic E-state index is 0.342. The zero-order chi connectivity index (χ0) is 14.4. The molecule has 1 unspecified atom stereocenters. The van der Waals surface area contributed by atoms with Crippen LogP contribution in [0.25, 0.3) is 0 Å². The van der Waals surface area contributed by atoms with Crippen molar-refractivity contribution in [2.75, 3.05) is 33.8 Å². The highest BCUT2D eigenvalue weighted by Crippen LogP contribution is 2.30. The van der Waals surface area contributed by atoms with Gasteiger partial charge in [0.15, 0.2) is 0 Å². The van der Waals surface area contributed by atoms with E-state index in [1.54, 1.807) is 7.11 Å². The summed E-state index contributed by atoms with van der Waals surface area (Å²) in [4.78, 5) is 2.46. The van der Waals surface area contributed by atoms with Gasteiger partial charge in [-0.05, 0) is 44.8 Å². The van der Waals surface area contributed by atoms with E-state index in [-0.39, 0.29) is 0 Å². The predicted molar refractivity (Wildman–Crippen MR) is 84.2 cm³/mol. The molecule has 1 aromatic rings. The van der Waals surface area contributed by atoms with Crippen molar-refractivity contribution in [1.29, 1.82) is 0 Å². The Hall–Kier alpha value is -1.06. The van der Waals surface area contributed by atoms with Crippen LogP contribution in [0.3, 0.4) is 0 Å². The van der Waals surface area contributed by atoms with Crippen LogP contribution in [-0.2, 0) is 0 Å². The first-order chi connectivity index (χ1) is 9.74. The molecule has 2 rings (SSSR count). The number of rotatable bonds is 9. The van der Waals surface area contributed by atoms with E-state index in [0.717, 1.165) is 31.2 Å². The summed E-state index contributed by atoms with van der Waals surface area (Å²) in [6.07, 6.45) is 3.97. The molecule has 1 fully saturated rings. The van der Waals surface area contributed by atoms with Crippen LogP contribution in [0.5, 0.6) is 5.75 Å². The number of para-hydroxylation sites is 1. The first kappa shape index (κ1) is 15.3. The lowest BCUT2D eigenvalue weighted by atomic mass is 10.0. The molecule has 0 saturated heterocycles. The van der Waals surface area contributed by atoms with E-state index in [9.17, 15) is 0 Å². The second kappa shape index (κ2) is 7.65. The fourth-order valence-corrected chi connectivity index (χ4v) is 2.67. The average Bonchev–Trinajstić information content (AvgIpc) is 3.27. The summed E-state index contributed by atoms with van der Waals surface area (Å²) in [6, 6.07) is 8.70. The van der Waals surface area contributed by atoms with Crippen LogP contribution in [0, 0.1) is 5.92 Å². The first-order valence-corrected chi connectivity index (χ1v) is 7.79. The SMILES string of the molecule is CCCNC(CN(C)CC1CC1)c1ccccc1OC. The quantitative estimate of drug-likeness (QED) is 0.750. The fraction of sp³-hybridized carbons (Fsp3) is 0.647. The second-order valence-electron chi connectivity index (χ2n) is 5.91. The van der Waals surface area contributed by atoms with Crippen LogP contribution in [-0.4, -0.2) is 38.7 Å². The summed E-state index contributed by atoms with van der Waals surface area (Å²) in [5, 5.41) is 3.66. The van der Waals surface area contributed by atoms with E-state index in [4.69, 9.17) is 4.74 Å². The molecule has 0 amide bonds. The predicted octanol–water partition coefficient (Wildman–Crippen LogP) is 3.08. The molecule has 1 atom stereocenters. The van der Waals surface area contributed by atoms with Crippen molar-refractivity contribution in [3.8, 4) is 5.75 Å². The minimum Gasteiger partial charge on any atom is -0.496 e. The summed E-state index contributed by atoms with van der Waals surface area (Å²) < 4.78 is 5.52. The lowest BCUT2D eigenvalue weighted by Crippen LogP contribution is -2.34. The Labute approximate surface area is 123 Å². The smallest absolute Gasteiger partial charge is 0.123 e. The molecular formula is C17H28N2O. The van der Waals surface area contributed by atoms with Crippen molar-refractivity contribution in [1.82, 2.24) is 10.2 Å². The van der Waals surface area contributed by atoms with Crippen molar-refractivity contribution in [2.45, 2.75) is 32.2 Å². The number of nitrogens with zero attached hydrogens (tertiary/aromatic N) is 1. The Balaban J connectivity index is 2.04. The summed E-state index contributed by atoms with van der Waals surface area (Å²) >= 11 is 0. The number of hydrogen-bond donors (Lipinski definition) is 1. The zero-order valence-corrected chi connectivity index (χ0v) is 13.1.